The molecule has 0 N–H and O–H groups in total. The van der Waals surface area contributed by atoms with E-state index in [0.717, 1.165) is 4.90 Å². The molecule has 0 fully saturated rings. The van der Waals surface area contributed by atoms with E-state index in [1.54, 1.807) is 27.7 Å². The number of anilines is 1. The number of rotatable bonds is 5. The Morgan fingerprint density at radius 3 is 1.59 bits per heavy atom. The number of nitrogens with zero attached hydrogens (tertiary/aromatic N) is 5. The van der Waals surface area contributed by atoms with Gasteiger partial charge in [-0.1, -0.05) is 71.0 Å². The molecule has 0 unspecified atom stereocenters. The predicted molar refractivity (Wildman–Crippen MR) is 136 cm³/mol. The van der Waals surface area contributed by atoms with E-state index in [-0.39, 0.29) is 28.5 Å². The van der Waals surface area contributed by atoms with Crippen LogP contribution in [-0.2, 0) is 0 Å². The minimum Gasteiger partial charge on any atom is -0.360 e. The summed E-state index contributed by atoms with van der Waals surface area (Å²) in [6.45, 7) is 6.74. The van der Waals surface area contributed by atoms with E-state index in [1.807, 2.05) is 60.7 Å². The van der Waals surface area contributed by atoms with Gasteiger partial charge in [0.2, 0.25) is 0 Å². The molecule has 3 heterocycles. The molecular weight excluding hydrogens is 470 g/mol. The van der Waals surface area contributed by atoms with Crippen LogP contribution in [0.4, 0.5) is 5.82 Å². The van der Waals surface area contributed by atoms with E-state index in [9.17, 15) is 9.59 Å². The first-order valence-corrected chi connectivity index (χ1v) is 11.6. The second kappa shape index (κ2) is 9.62. The standard InChI is InChI=1S/C28H23N5O4/c1-16-15-29-26(17(2)30-16)33(27(34)22-18(3)36-31-24(22)20-11-7-5-8-12-20)28(35)23-19(4)37-32-25(23)21-13-9-6-10-14-21/h5-15H,1-4H3. The average molecular weight is 494 g/mol. The number of aryl methyl sites for hydroxylation is 4. The van der Waals surface area contributed by atoms with Crippen LogP contribution >= 0.6 is 0 Å². The molecule has 0 aliphatic heterocycles. The first kappa shape index (κ1) is 23.8. The van der Waals surface area contributed by atoms with Crippen molar-refractivity contribution in [3.05, 3.63) is 101 Å². The monoisotopic (exact) mass is 493 g/mol. The maximum Gasteiger partial charge on any atom is 0.272 e. The molecule has 0 atom stereocenters. The minimum atomic E-state index is -0.650. The number of carbonyl (C=O) groups excluding carboxylic acids is 2. The lowest BCUT2D eigenvalue weighted by molar-refractivity contribution is 0.0895. The van der Waals surface area contributed by atoms with Gasteiger partial charge < -0.3 is 9.05 Å². The Morgan fingerprint density at radius 1 is 0.703 bits per heavy atom. The summed E-state index contributed by atoms with van der Waals surface area (Å²) in [7, 11) is 0. The molecule has 5 aromatic rings. The van der Waals surface area contributed by atoms with Crippen LogP contribution in [0.3, 0.4) is 0 Å². The third-order valence-corrected chi connectivity index (χ3v) is 5.91. The smallest absolute Gasteiger partial charge is 0.272 e. The Bertz CT molecular complexity index is 1510. The van der Waals surface area contributed by atoms with Gasteiger partial charge in [-0.2, -0.15) is 0 Å². The molecule has 184 valence electrons. The highest BCUT2D eigenvalue weighted by atomic mass is 16.5. The molecule has 0 radical (unpaired) electrons. The Morgan fingerprint density at radius 2 is 1.16 bits per heavy atom. The molecule has 9 nitrogen and oxygen atoms in total. The fourth-order valence-corrected chi connectivity index (χ4v) is 4.15. The average Bonchev–Trinajstić information content (AvgIpc) is 3.48. The van der Waals surface area contributed by atoms with Gasteiger partial charge >= 0.3 is 0 Å². The molecule has 3 aromatic heterocycles. The topological polar surface area (TPSA) is 115 Å². The van der Waals surface area contributed by atoms with Crippen molar-refractivity contribution in [2.45, 2.75) is 27.7 Å². The highest BCUT2D eigenvalue weighted by molar-refractivity contribution is 6.28. The van der Waals surface area contributed by atoms with Crippen molar-refractivity contribution in [1.29, 1.82) is 0 Å². The molecule has 37 heavy (non-hydrogen) atoms. The number of benzene rings is 2. The molecule has 9 heteroatoms. The van der Waals surface area contributed by atoms with Crippen LogP contribution in [-0.4, -0.2) is 32.1 Å². The van der Waals surface area contributed by atoms with Crippen molar-refractivity contribution >= 4 is 17.6 Å². The summed E-state index contributed by atoms with van der Waals surface area (Å²) in [6, 6.07) is 18.3. The molecule has 0 saturated heterocycles. The van der Waals surface area contributed by atoms with Gasteiger partial charge in [0.25, 0.3) is 11.8 Å². The highest BCUT2D eigenvalue weighted by Crippen LogP contribution is 2.32. The van der Waals surface area contributed by atoms with E-state index in [2.05, 4.69) is 20.3 Å². The summed E-state index contributed by atoms with van der Waals surface area (Å²) < 4.78 is 10.8. The fraction of sp³-hybridized carbons (Fsp3) is 0.143. The van der Waals surface area contributed by atoms with Crippen molar-refractivity contribution in [1.82, 2.24) is 20.3 Å². The zero-order valence-electron chi connectivity index (χ0n) is 20.7. The lowest BCUT2D eigenvalue weighted by atomic mass is 10.0. The van der Waals surface area contributed by atoms with Crippen molar-refractivity contribution in [2.75, 3.05) is 4.90 Å². The highest BCUT2D eigenvalue weighted by Gasteiger charge is 2.37. The lowest BCUT2D eigenvalue weighted by Crippen LogP contribution is -2.39. The second-order valence-corrected chi connectivity index (χ2v) is 8.52. The van der Waals surface area contributed by atoms with Crippen molar-refractivity contribution < 1.29 is 18.6 Å². The van der Waals surface area contributed by atoms with Gasteiger partial charge in [-0.25, -0.2) is 9.88 Å². The normalized spacial score (nSPS) is 10.9. The zero-order chi connectivity index (χ0) is 26.1. The van der Waals surface area contributed by atoms with Crippen molar-refractivity contribution in [3.63, 3.8) is 0 Å². The summed E-state index contributed by atoms with van der Waals surface area (Å²) in [6.07, 6.45) is 1.51. The molecule has 2 amide bonds. The maximum atomic E-state index is 14.2. The van der Waals surface area contributed by atoms with Crippen LogP contribution in [0.25, 0.3) is 22.5 Å². The number of hydrogen-bond acceptors (Lipinski definition) is 8. The maximum absolute atomic E-state index is 14.2. The fourth-order valence-electron chi connectivity index (χ4n) is 4.15. The van der Waals surface area contributed by atoms with Crippen molar-refractivity contribution in [3.8, 4) is 22.5 Å². The van der Waals surface area contributed by atoms with E-state index in [1.165, 1.54) is 6.20 Å². The lowest BCUT2D eigenvalue weighted by Gasteiger charge is -2.21. The van der Waals surface area contributed by atoms with E-state index < -0.39 is 11.8 Å². The molecule has 5 rings (SSSR count). The van der Waals surface area contributed by atoms with E-state index >= 15 is 0 Å². The summed E-state index contributed by atoms with van der Waals surface area (Å²) >= 11 is 0. The Balaban J connectivity index is 1.70. The third kappa shape index (κ3) is 4.31. The Labute approximate surface area is 212 Å². The van der Waals surface area contributed by atoms with Crippen LogP contribution in [0.15, 0.2) is 75.9 Å². The molecule has 2 aromatic carbocycles. The van der Waals surface area contributed by atoms with Gasteiger partial charge in [-0.05, 0) is 27.7 Å². The summed E-state index contributed by atoms with van der Waals surface area (Å²) in [5.41, 5.74) is 3.35. The summed E-state index contributed by atoms with van der Waals surface area (Å²) in [5, 5.41) is 8.25. The molecular formula is C28H23N5O4. The van der Waals surface area contributed by atoms with Crippen LogP contribution in [0, 0.1) is 27.7 Å². The van der Waals surface area contributed by atoms with Crippen LogP contribution < -0.4 is 4.90 Å². The van der Waals surface area contributed by atoms with Gasteiger partial charge in [-0.15, -0.1) is 0 Å². The SMILES string of the molecule is Cc1cnc(N(C(=O)c2c(-c3ccccc3)noc2C)C(=O)c2c(-c3ccccc3)noc2C)c(C)n1. The molecule has 0 saturated carbocycles. The molecule has 0 aliphatic carbocycles. The third-order valence-electron chi connectivity index (χ3n) is 5.91. The quantitative estimate of drug-likeness (QED) is 0.295. The minimum absolute atomic E-state index is 0.0971. The van der Waals surface area contributed by atoms with Crippen LogP contribution in [0.5, 0.6) is 0 Å². The first-order valence-electron chi connectivity index (χ1n) is 11.6. The number of carbonyl (C=O) groups is 2. The largest absolute Gasteiger partial charge is 0.360 e. The van der Waals surface area contributed by atoms with Crippen LogP contribution in [0.1, 0.15) is 43.6 Å². The van der Waals surface area contributed by atoms with Crippen molar-refractivity contribution in [2.24, 2.45) is 0 Å². The van der Waals surface area contributed by atoms with Gasteiger partial charge in [0.15, 0.2) is 5.82 Å². The summed E-state index contributed by atoms with van der Waals surface area (Å²) in [4.78, 5) is 38.3. The second-order valence-electron chi connectivity index (χ2n) is 8.52. The Hall–Kier alpha value is -4.92. The van der Waals surface area contributed by atoms with Crippen LogP contribution in [0.2, 0.25) is 0 Å². The Kier molecular flexibility index (Phi) is 6.19. The number of amides is 2. The summed E-state index contributed by atoms with van der Waals surface area (Å²) in [5.74, 6) is -0.666. The van der Waals surface area contributed by atoms with Gasteiger partial charge in [0.1, 0.15) is 34.0 Å². The zero-order valence-corrected chi connectivity index (χ0v) is 20.7. The van der Waals surface area contributed by atoms with E-state index in [4.69, 9.17) is 9.05 Å². The van der Waals surface area contributed by atoms with E-state index in [0.29, 0.717) is 33.9 Å². The number of hydrogen-bond donors (Lipinski definition) is 0. The molecule has 0 aliphatic rings. The predicted octanol–water partition coefficient (Wildman–Crippen LogP) is 5.51. The van der Waals surface area contributed by atoms with Gasteiger partial charge in [-0.3, -0.25) is 14.6 Å². The number of aromatic nitrogens is 4. The number of imide groups is 1. The molecule has 0 spiro atoms. The van der Waals surface area contributed by atoms with Gasteiger partial charge in [0, 0.05) is 11.1 Å². The first-order chi connectivity index (χ1) is 17.9. The van der Waals surface area contributed by atoms with Gasteiger partial charge in [0.05, 0.1) is 17.6 Å². The molecule has 0 bridgehead atoms.